The Bertz CT molecular complexity index is 1280. The number of amides is 1. The monoisotopic (exact) mass is 444 g/mol. The fourth-order valence-corrected chi connectivity index (χ4v) is 4.09. The van der Waals surface area contributed by atoms with E-state index in [0.717, 1.165) is 25.5 Å². The number of aryl methyl sites for hydroxylation is 1. The molecule has 0 fully saturated rings. The van der Waals surface area contributed by atoms with Crippen molar-refractivity contribution in [2.75, 3.05) is 5.32 Å². The first-order valence-electron chi connectivity index (χ1n) is 8.59. The highest BCUT2D eigenvalue weighted by atomic mass is 35.5. The topological polar surface area (TPSA) is 76.9 Å². The summed E-state index contributed by atoms with van der Waals surface area (Å²) in [6, 6.07) is 13.5. The van der Waals surface area contributed by atoms with Gasteiger partial charge in [-0.05, 0) is 48.9 Å². The molecule has 0 aliphatic heterocycles. The van der Waals surface area contributed by atoms with Gasteiger partial charge in [0.2, 0.25) is 5.91 Å². The van der Waals surface area contributed by atoms with Gasteiger partial charge in [-0.3, -0.25) is 9.59 Å². The standard InChI is InChI=1S/C20H14Cl2N4O2S/c1-11-2-7-15-16(8-11)29-19(25-15)12-3-5-13(6-4-12)24-17(27)10-26-20(28)18(22)14(21)9-23-26/h2-9H,10H2,1H3,(H,24,27). The third kappa shape index (κ3) is 4.17. The van der Waals surface area contributed by atoms with Crippen molar-refractivity contribution in [2.24, 2.45) is 0 Å². The van der Waals surface area contributed by atoms with Crippen molar-refractivity contribution in [1.82, 2.24) is 14.8 Å². The van der Waals surface area contributed by atoms with E-state index in [1.165, 1.54) is 11.8 Å². The summed E-state index contributed by atoms with van der Waals surface area (Å²) in [5.41, 5.74) is 3.11. The summed E-state index contributed by atoms with van der Waals surface area (Å²) >= 11 is 13.2. The number of fused-ring (bicyclic) bond motifs is 1. The molecule has 1 N–H and O–H groups in total. The highest BCUT2D eigenvalue weighted by molar-refractivity contribution is 7.21. The number of halogens is 2. The van der Waals surface area contributed by atoms with Gasteiger partial charge in [0.25, 0.3) is 5.56 Å². The smallest absolute Gasteiger partial charge is 0.287 e. The summed E-state index contributed by atoms with van der Waals surface area (Å²) in [4.78, 5) is 28.9. The average Bonchev–Trinajstić information content (AvgIpc) is 3.12. The first-order chi connectivity index (χ1) is 13.9. The molecule has 2 aromatic heterocycles. The number of carbonyl (C=O) groups excluding carboxylic acids is 1. The van der Waals surface area contributed by atoms with E-state index in [0.29, 0.717) is 5.69 Å². The first-order valence-corrected chi connectivity index (χ1v) is 10.2. The van der Waals surface area contributed by atoms with Gasteiger partial charge in [-0.25, -0.2) is 9.67 Å². The third-order valence-corrected chi connectivity index (χ3v) is 6.01. The van der Waals surface area contributed by atoms with Crippen LogP contribution >= 0.6 is 34.5 Å². The summed E-state index contributed by atoms with van der Waals surface area (Å²) in [6.07, 6.45) is 1.23. The molecule has 4 aromatic rings. The zero-order valence-corrected chi connectivity index (χ0v) is 17.5. The number of anilines is 1. The van der Waals surface area contributed by atoms with Gasteiger partial charge in [0.1, 0.15) is 16.6 Å². The fourth-order valence-electron chi connectivity index (χ4n) is 2.75. The van der Waals surface area contributed by atoms with Crippen LogP contribution < -0.4 is 10.9 Å². The lowest BCUT2D eigenvalue weighted by molar-refractivity contribution is -0.117. The molecule has 2 aromatic carbocycles. The number of hydrogen-bond acceptors (Lipinski definition) is 5. The molecule has 0 aliphatic rings. The van der Waals surface area contributed by atoms with Crippen LogP contribution in [0.15, 0.2) is 53.5 Å². The Labute approximate surface area is 179 Å². The highest BCUT2D eigenvalue weighted by Gasteiger charge is 2.12. The molecule has 29 heavy (non-hydrogen) atoms. The van der Waals surface area contributed by atoms with Crippen molar-refractivity contribution in [2.45, 2.75) is 13.5 Å². The molecule has 9 heteroatoms. The lowest BCUT2D eigenvalue weighted by Crippen LogP contribution is -2.29. The highest BCUT2D eigenvalue weighted by Crippen LogP contribution is 2.31. The average molecular weight is 445 g/mol. The molecule has 0 unspecified atom stereocenters. The molecule has 0 saturated carbocycles. The molecule has 0 atom stereocenters. The van der Waals surface area contributed by atoms with Crippen LogP contribution in [-0.4, -0.2) is 20.7 Å². The van der Waals surface area contributed by atoms with Gasteiger partial charge >= 0.3 is 0 Å². The quantitative estimate of drug-likeness (QED) is 0.491. The Kier molecular flexibility index (Phi) is 5.36. The minimum absolute atomic E-state index is 0.0499. The van der Waals surface area contributed by atoms with Crippen molar-refractivity contribution >= 4 is 56.3 Å². The minimum atomic E-state index is -0.615. The second-order valence-electron chi connectivity index (χ2n) is 6.39. The number of thiazole rings is 1. The van der Waals surface area contributed by atoms with E-state index in [2.05, 4.69) is 28.4 Å². The van der Waals surface area contributed by atoms with E-state index in [-0.39, 0.29) is 16.6 Å². The Morgan fingerprint density at radius 2 is 1.93 bits per heavy atom. The van der Waals surface area contributed by atoms with E-state index in [9.17, 15) is 9.59 Å². The van der Waals surface area contributed by atoms with Crippen LogP contribution in [0.5, 0.6) is 0 Å². The minimum Gasteiger partial charge on any atom is -0.324 e. The number of carbonyl (C=O) groups is 1. The van der Waals surface area contributed by atoms with E-state index in [1.807, 2.05) is 24.3 Å². The molecule has 1 amide bonds. The van der Waals surface area contributed by atoms with Crippen LogP contribution in [0.3, 0.4) is 0 Å². The Balaban J connectivity index is 1.48. The van der Waals surface area contributed by atoms with Crippen molar-refractivity contribution < 1.29 is 4.79 Å². The van der Waals surface area contributed by atoms with Crippen LogP contribution in [0.25, 0.3) is 20.8 Å². The van der Waals surface area contributed by atoms with Gasteiger partial charge in [-0.2, -0.15) is 5.10 Å². The number of hydrogen-bond donors (Lipinski definition) is 1. The number of aromatic nitrogens is 3. The predicted octanol–water partition coefficient (Wildman–Crippen LogP) is 4.77. The molecule has 0 radical (unpaired) electrons. The van der Waals surface area contributed by atoms with E-state index in [4.69, 9.17) is 23.2 Å². The first kappa shape index (κ1) is 19.6. The van der Waals surface area contributed by atoms with Gasteiger partial charge in [0.15, 0.2) is 0 Å². The van der Waals surface area contributed by atoms with E-state index < -0.39 is 11.5 Å². The zero-order valence-electron chi connectivity index (χ0n) is 15.1. The molecule has 0 bridgehead atoms. The summed E-state index contributed by atoms with van der Waals surface area (Å²) in [6.45, 7) is 1.78. The van der Waals surface area contributed by atoms with Crippen LogP contribution in [-0.2, 0) is 11.3 Å². The SMILES string of the molecule is Cc1ccc2nc(-c3ccc(NC(=O)Cn4ncc(Cl)c(Cl)c4=O)cc3)sc2c1. The maximum absolute atomic E-state index is 12.2. The number of rotatable bonds is 4. The van der Waals surface area contributed by atoms with Crippen molar-refractivity contribution in [3.8, 4) is 10.6 Å². The molecule has 0 saturated heterocycles. The van der Waals surface area contributed by atoms with E-state index >= 15 is 0 Å². The van der Waals surface area contributed by atoms with Gasteiger partial charge in [-0.15, -0.1) is 11.3 Å². The second kappa shape index (κ2) is 7.94. The zero-order chi connectivity index (χ0) is 20.5. The van der Waals surface area contributed by atoms with Gasteiger partial charge in [0.05, 0.1) is 21.4 Å². The third-order valence-electron chi connectivity index (χ3n) is 4.20. The van der Waals surface area contributed by atoms with Crippen LogP contribution in [0.4, 0.5) is 5.69 Å². The molecule has 4 rings (SSSR count). The van der Waals surface area contributed by atoms with Gasteiger partial charge in [0, 0.05) is 11.3 Å². The second-order valence-corrected chi connectivity index (χ2v) is 8.20. The maximum Gasteiger partial charge on any atom is 0.287 e. The predicted molar refractivity (Wildman–Crippen MR) is 117 cm³/mol. The fraction of sp³-hybridized carbons (Fsp3) is 0.100. The normalized spacial score (nSPS) is 11.0. The molecular weight excluding hydrogens is 431 g/mol. The molecule has 2 heterocycles. The van der Waals surface area contributed by atoms with Crippen LogP contribution in [0.2, 0.25) is 10.0 Å². The summed E-state index contributed by atoms with van der Waals surface area (Å²) < 4.78 is 2.10. The molecule has 6 nitrogen and oxygen atoms in total. The Hall–Kier alpha value is -2.74. The largest absolute Gasteiger partial charge is 0.324 e. The number of nitrogens with zero attached hydrogens (tertiary/aromatic N) is 3. The number of nitrogens with one attached hydrogen (secondary N) is 1. The van der Waals surface area contributed by atoms with Crippen molar-refractivity contribution in [3.05, 3.63) is 74.6 Å². The Morgan fingerprint density at radius 3 is 2.69 bits per heavy atom. The summed E-state index contributed by atoms with van der Waals surface area (Å²) in [5.74, 6) is -0.402. The lowest BCUT2D eigenvalue weighted by Gasteiger charge is -2.07. The van der Waals surface area contributed by atoms with Crippen LogP contribution in [0.1, 0.15) is 5.56 Å². The van der Waals surface area contributed by atoms with Crippen LogP contribution in [0, 0.1) is 6.92 Å². The van der Waals surface area contributed by atoms with Crippen molar-refractivity contribution in [3.63, 3.8) is 0 Å². The van der Waals surface area contributed by atoms with Gasteiger partial charge < -0.3 is 5.32 Å². The lowest BCUT2D eigenvalue weighted by atomic mass is 10.2. The Morgan fingerprint density at radius 1 is 1.17 bits per heavy atom. The van der Waals surface area contributed by atoms with Crippen molar-refractivity contribution in [1.29, 1.82) is 0 Å². The summed E-state index contributed by atoms with van der Waals surface area (Å²) in [5, 5.41) is 7.35. The molecule has 146 valence electrons. The maximum atomic E-state index is 12.2. The number of benzene rings is 2. The van der Waals surface area contributed by atoms with Gasteiger partial charge in [-0.1, -0.05) is 29.3 Å². The van der Waals surface area contributed by atoms with E-state index in [1.54, 1.807) is 23.5 Å². The molecule has 0 aliphatic carbocycles. The summed E-state index contributed by atoms with van der Waals surface area (Å²) in [7, 11) is 0. The molecular formula is C20H14Cl2N4O2S. The molecule has 0 spiro atoms.